The quantitative estimate of drug-likeness (QED) is 0.247. The van der Waals surface area contributed by atoms with Gasteiger partial charge in [0.1, 0.15) is 5.82 Å². The number of rotatable bonds is 7. The lowest BCUT2D eigenvalue weighted by Crippen LogP contribution is -2.27. The van der Waals surface area contributed by atoms with Crippen LogP contribution in [0.3, 0.4) is 0 Å². The Morgan fingerprint density at radius 1 is 1.05 bits per heavy atom. The Hall–Kier alpha value is -4.82. The number of hydrogen-bond acceptors (Lipinski definition) is 4. The fourth-order valence-electron chi connectivity index (χ4n) is 5.30. The van der Waals surface area contributed by atoms with E-state index in [2.05, 4.69) is 21.0 Å². The van der Waals surface area contributed by atoms with Gasteiger partial charge in [-0.3, -0.25) is 9.38 Å². The fraction of sp³-hybridized carbons (Fsp3) is 0.129. The molecule has 7 nitrogen and oxygen atoms in total. The van der Waals surface area contributed by atoms with Crippen LogP contribution in [0.15, 0.2) is 85.3 Å². The van der Waals surface area contributed by atoms with Crippen LogP contribution in [0.25, 0.3) is 38.8 Å². The molecule has 194 valence electrons. The Kier molecular flexibility index (Phi) is 6.17. The molecular formula is C31H26FN5O2. The summed E-state index contributed by atoms with van der Waals surface area (Å²) in [6, 6.07) is 20.2. The van der Waals surface area contributed by atoms with Gasteiger partial charge >= 0.3 is 5.97 Å². The van der Waals surface area contributed by atoms with Crippen LogP contribution < -0.4 is 5.73 Å². The molecule has 0 aliphatic heterocycles. The Morgan fingerprint density at radius 2 is 1.90 bits per heavy atom. The summed E-state index contributed by atoms with van der Waals surface area (Å²) in [5.41, 5.74) is 13.8. The molecule has 0 saturated heterocycles. The number of aromatic nitrogens is 4. The normalized spacial score (nSPS) is 12.3. The highest BCUT2D eigenvalue weighted by Crippen LogP contribution is 2.35. The maximum Gasteiger partial charge on any atom is 0.372 e. The number of carbonyl (C=O) groups is 1. The first-order valence-electron chi connectivity index (χ1n) is 12.7. The Morgan fingerprint density at radius 3 is 2.72 bits per heavy atom. The summed E-state index contributed by atoms with van der Waals surface area (Å²) in [5.74, 6) is -1.49. The van der Waals surface area contributed by atoms with Crippen LogP contribution in [0.5, 0.6) is 0 Å². The second kappa shape index (κ2) is 9.81. The van der Waals surface area contributed by atoms with Crippen molar-refractivity contribution in [3.8, 4) is 22.4 Å². The molecule has 1 atom stereocenters. The van der Waals surface area contributed by atoms with Crippen molar-refractivity contribution < 1.29 is 14.3 Å². The third-order valence-corrected chi connectivity index (χ3v) is 7.12. The SMILES string of the molecule is Cc1cc(-c2ncccc2-c2ccc3cnc(C(=O)O)n3c2CC(N)Cc2c[nH]c3ccccc23)ccc1F. The molecule has 2 aromatic carbocycles. The number of carboxylic acid groups (broad SMARTS) is 1. The molecule has 1 unspecified atom stereocenters. The van der Waals surface area contributed by atoms with E-state index in [0.29, 0.717) is 29.6 Å². The molecule has 39 heavy (non-hydrogen) atoms. The molecule has 0 aliphatic rings. The van der Waals surface area contributed by atoms with Crippen molar-refractivity contribution in [1.29, 1.82) is 0 Å². The number of aromatic amines is 1. The van der Waals surface area contributed by atoms with Crippen LogP contribution >= 0.6 is 0 Å². The van der Waals surface area contributed by atoms with E-state index in [0.717, 1.165) is 38.9 Å². The lowest BCUT2D eigenvalue weighted by atomic mass is 9.93. The summed E-state index contributed by atoms with van der Waals surface area (Å²) in [5, 5.41) is 11.1. The zero-order valence-corrected chi connectivity index (χ0v) is 21.2. The highest BCUT2D eigenvalue weighted by atomic mass is 19.1. The van der Waals surface area contributed by atoms with E-state index < -0.39 is 5.97 Å². The maximum atomic E-state index is 14.1. The van der Waals surface area contributed by atoms with E-state index in [4.69, 9.17) is 5.73 Å². The van der Waals surface area contributed by atoms with Crippen molar-refractivity contribution in [2.75, 3.05) is 0 Å². The zero-order chi connectivity index (χ0) is 27.1. The van der Waals surface area contributed by atoms with Gasteiger partial charge in [0.25, 0.3) is 0 Å². The average Bonchev–Trinajstić information content (AvgIpc) is 3.55. The minimum Gasteiger partial charge on any atom is -0.475 e. The number of H-pyrrole nitrogens is 1. The van der Waals surface area contributed by atoms with Crippen LogP contribution in [0.1, 0.15) is 27.4 Å². The van der Waals surface area contributed by atoms with Crippen molar-refractivity contribution in [1.82, 2.24) is 19.4 Å². The molecule has 4 N–H and O–H groups in total. The summed E-state index contributed by atoms with van der Waals surface area (Å²) in [6.07, 6.45) is 6.20. The predicted molar refractivity (Wildman–Crippen MR) is 149 cm³/mol. The lowest BCUT2D eigenvalue weighted by Gasteiger charge is -2.19. The van der Waals surface area contributed by atoms with Gasteiger partial charge in [0.05, 0.1) is 17.4 Å². The van der Waals surface area contributed by atoms with Crippen molar-refractivity contribution in [3.63, 3.8) is 0 Å². The number of hydrogen-bond donors (Lipinski definition) is 3. The van der Waals surface area contributed by atoms with E-state index in [1.165, 1.54) is 6.07 Å². The van der Waals surface area contributed by atoms with Gasteiger partial charge in [0.15, 0.2) is 0 Å². The molecule has 4 aromatic heterocycles. The van der Waals surface area contributed by atoms with Crippen LogP contribution in [0, 0.1) is 12.7 Å². The van der Waals surface area contributed by atoms with E-state index in [9.17, 15) is 14.3 Å². The van der Waals surface area contributed by atoms with E-state index in [1.54, 1.807) is 35.9 Å². The lowest BCUT2D eigenvalue weighted by molar-refractivity contribution is 0.0682. The number of imidazole rings is 1. The molecule has 4 heterocycles. The Bertz CT molecular complexity index is 1860. The number of nitrogens with zero attached hydrogens (tertiary/aromatic N) is 3. The Balaban J connectivity index is 1.49. The molecule has 0 fully saturated rings. The molecule has 8 heteroatoms. The topological polar surface area (TPSA) is 109 Å². The zero-order valence-electron chi connectivity index (χ0n) is 21.2. The highest BCUT2D eigenvalue weighted by Gasteiger charge is 2.22. The molecule has 0 spiro atoms. The smallest absolute Gasteiger partial charge is 0.372 e. The monoisotopic (exact) mass is 519 g/mol. The molecule has 0 bridgehead atoms. The first kappa shape index (κ1) is 24.5. The summed E-state index contributed by atoms with van der Waals surface area (Å²) in [4.78, 5) is 24.3. The van der Waals surface area contributed by atoms with Crippen molar-refractivity contribution in [2.24, 2.45) is 5.73 Å². The molecule has 0 radical (unpaired) electrons. The van der Waals surface area contributed by atoms with Gasteiger partial charge in [-0.2, -0.15) is 0 Å². The second-order valence-corrected chi connectivity index (χ2v) is 9.73. The number of aryl methyl sites for hydroxylation is 1. The molecule has 6 aromatic rings. The van der Waals surface area contributed by atoms with Gasteiger partial charge in [-0.1, -0.05) is 30.3 Å². The first-order chi connectivity index (χ1) is 18.9. The van der Waals surface area contributed by atoms with Gasteiger partial charge in [0, 0.05) is 58.1 Å². The predicted octanol–water partition coefficient (Wildman–Crippen LogP) is 5.80. The number of benzene rings is 2. The number of aromatic carboxylic acids is 1. The van der Waals surface area contributed by atoms with Crippen molar-refractivity contribution in [2.45, 2.75) is 25.8 Å². The molecular weight excluding hydrogens is 493 g/mol. The van der Waals surface area contributed by atoms with Crippen LogP contribution in [-0.4, -0.2) is 36.5 Å². The van der Waals surface area contributed by atoms with Crippen LogP contribution in [-0.2, 0) is 12.8 Å². The summed E-state index contributed by atoms with van der Waals surface area (Å²) >= 11 is 0. The molecule has 0 aliphatic carbocycles. The summed E-state index contributed by atoms with van der Waals surface area (Å²) in [7, 11) is 0. The third-order valence-electron chi connectivity index (χ3n) is 7.12. The number of pyridine rings is 2. The van der Waals surface area contributed by atoms with Crippen molar-refractivity contribution in [3.05, 3.63) is 114 Å². The molecule has 6 rings (SSSR count). The average molecular weight is 520 g/mol. The first-order valence-corrected chi connectivity index (χ1v) is 12.7. The largest absolute Gasteiger partial charge is 0.475 e. The maximum absolute atomic E-state index is 14.1. The van der Waals surface area contributed by atoms with Gasteiger partial charge in [0.2, 0.25) is 5.82 Å². The summed E-state index contributed by atoms with van der Waals surface area (Å²) < 4.78 is 15.7. The number of fused-ring (bicyclic) bond motifs is 2. The minimum atomic E-state index is -1.13. The number of carboxylic acids is 1. The highest BCUT2D eigenvalue weighted by molar-refractivity contribution is 5.87. The number of para-hydroxylation sites is 1. The van der Waals surface area contributed by atoms with Gasteiger partial charge in [-0.05, 0) is 60.9 Å². The van der Waals surface area contributed by atoms with Gasteiger partial charge < -0.3 is 15.8 Å². The van der Waals surface area contributed by atoms with Crippen molar-refractivity contribution >= 4 is 22.4 Å². The number of halogens is 1. The number of nitrogens with one attached hydrogen (secondary N) is 1. The fourth-order valence-corrected chi connectivity index (χ4v) is 5.30. The van der Waals surface area contributed by atoms with Crippen LogP contribution in [0.4, 0.5) is 4.39 Å². The van der Waals surface area contributed by atoms with E-state index in [1.807, 2.05) is 48.7 Å². The minimum absolute atomic E-state index is 0.0794. The van der Waals surface area contributed by atoms with Crippen LogP contribution in [0.2, 0.25) is 0 Å². The molecule has 0 saturated carbocycles. The van der Waals surface area contributed by atoms with Gasteiger partial charge in [-0.15, -0.1) is 0 Å². The standard InChI is InChI=1S/C31H26FN5O2/c1-18-13-19(8-11-26(18)32)29-25(6-4-12-34-29)24-10-9-22-17-36-30(31(38)39)37(22)28(24)15-21(33)14-20-16-35-27-7-3-2-5-23(20)27/h2-13,16-17,21,35H,14-15,33H2,1H3,(H,38,39). The van der Waals surface area contributed by atoms with E-state index >= 15 is 0 Å². The molecule has 0 amide bonds. The second-order valence-electron chi connectivity index (χ2n) is 9.73. The Labute approximate surface area is 223 Å². The third kappa shape index (κ3) is 4.45. The summed E-state index contributed by atoms with van der Waals surface area (Å²) in [6.45, 7) is 1.72. The number of nitrogens with two attached hydrogens (primary N) is 1. The van der Waals surface area contributed by atoms with Gasteiger partial charge in [-0.25, -0.2) is 14.2 Å². The van der Waals surface area contributed by atoms with E-state index in [-0.39, 0.29) is 17.7 Å².